The molecule has 84 valence electrons. The number of piperidine rings is 1. The summed E-state index contributed by atoms with van der Waals surface area (Å²) in [7, 11) is 0. The van der Waals surface area contributed by atoms with Crippen molar-refractivity contribution in [2.75, 3.05) is 26.2 Å². The van der Waals surface area contributed by atoms with E-state index in [4.69, 9.17) is 11.3 Å². The number of esters is 1. The van der Waals surface area contributed by atoms with Crippen molar-refractivity contribution in [3.8, 4) is 0 Å². The maximum Gasteiger partial charge on any atom is 0.323 e. The van der Waals surface area contributed by atoms with E-state index in [1.54, 1.807) is 0 Å². The molecule has 1 atom stereocenters. The van der Waals surface area contributed by atoms with Crippen LogP contribution >= 0.6 is 0 Å². The average Bonchev–Trinajstić information content (AvgIpc) is 2.27. The molecule has 1 unspecified atom stereocenters. The lowest BCUT2D eigenvalue weighted by Crippen LogP contribution is -2.46. The Morgan fingerprint density at radius 1 is 1.60 bits per heavy atom. The molecule has 1 aliphatic rings. The zero-order chi connectivity index (χ0) is 11.1. The Hall–Kier alpha value is -1.08. The molecule has 15 heavy (non-hydrogen) atoms. The van der Waals surface area contributed by atoms with Gasteiger partial charge in [0.2, 0.25) is 6.54 Å². The highest BCUT2D eigenvalue weighted by Crippen LogP contribution is 2.17. The van der Waals surface area contributed by atoms with Crippen LogP contribution in [-0.2, 0) is 9.53 Å². The number of carbonyl (C=O) groups is 1. The summed E-state index contributed by atoms with van der Waals surface area (Å²) in [6.07, 6.45) is 3.07. The molecule has 1 heterocycles. The fourth-order valence-electron chi connectivity index (χ4n) is 1.94. The molecule has 0 aromatic rings. The van der Waals surface area contributed by atoms with E-state index in [0.29, 0.717) is 19.7 Å². The zero-order valence-corrected chi connectivity index (χ0v) is 9.24. The lowest BCUT2D eigenvalue weighted by molar-refractivity contribution is -0.150. The lowest BCUT2D eigenvalue weighted by atomic mass is 10.0. The summed E-state index contributed by atoms with van der Waals surface area (Å²) < 4.78 is 5.03. The summed E-state index contributed by atoms with van der Waals surface area (Å²) in [5.41, 5.74) is 0. The number of nitrogens with zero attached hydrogens (tertiary/aromatic N) is 2. The van der Waals surface area contributed by atoms with Crippen molar-refractivity contribution < 1.29 is 9.53 Å². The van der Waals surface area contributed by atoms with E-state index in [0.717, 1.165) is 25.8 Å². The summed E-state index contributed by atoms with van der Waals surface area (Å²) in [5.74, 6) is -0.123. The fraction of sp³-hybridized carbons (Fsp3) is 0.818. The zero-order valence-electron chi connectivity index (χ0n) is 9.24. The van der Waals surface area contributed by atoms with Crippen molar-refractivity contribution in [3.05, 3.63) is 11.4 Å². The minimum Gasteiger partial charge on any atom is -0.465 e. The molecule has 0 amide bonds. The minimum absolute atomic E-state index is 0.111. The lowest BCUT2D eigenvalue weighted by Gasteiger charge is -2.32. The Kier molecular flexibility index (Phi) is 5.13. The summed E-state index contributed by atoms with van der Waals surface area (Å²) >= 11 is 0. The second-order valence-corrected chi connectivity index (χ2v) is 3.68. The molecule has 0 aromatic heterocycles. The molecule has 1 saturated heterocycles. The highest BCUT2D eigenvalue weighted by Gasteiger charge is 2.29. The third-order valence-corrected chi connectivity index (χ3v) is 2.67. The standard InChI is InChI=1S/C11H18N2O2/c1-3-15-11(14)10-6-4-5-8-13(10)9-7-12-2/h10H,3-9H2,1H3. The van der Waals surface area contributed by atoms with Crippen LogP contribution in [0.3, 0.4) is 0 Å². The third kappa shape index (κ3) is 3.52. The van der Waals surface area contributed by atoms with Crippen LogP contribution in [0.5, 0.6) is 0 Å². The molecule has 0 saturated carbocycles. The molecular formula is C11H18N2O2. The van der Waals surface area contributed by atoms with Crippen LogP contribution in [0.4, 0.5) is 0 Å². The van der Waals surface area contributed by atoms with Gasteiger partial charge in [0, 0.05) is 0 Å². The van der Waals surface area contributed by atoms with Crippen LogP contribution in [0.2, 0.25) is 0 Å². The quantitative estimate of drug-likeness (QED) is 0.518. The molecule has 1 fully saturated rings. The molecule has 0 N–H and O–H groups in total. The Bertz CT molecular complexity index is 247. The van der Waals surface area contributed by atoms with Gasteiger partial charge in [0.15, 0.2) is 0 Å². The second-order valence-electron chi connectivity index (χ2n) is 3.68. The van der Waals surface area contributed by atoms with Gasteiger partial charge in [-0.15, -0.1) is 0 Å². The number of likely N-dealkylation sites (tertiary alicyclic amines) is 1. The van der Waals surface area contributed by atoms with Gasteiger partial charge < -0.3 is 9.58 Å². The molecule has 4 heteroatoms. The molecule has 1 rings (SSSR count). The molecule has 0 aromatic carbocycles. The Balaban J connectivity index is 2.49. The first-order valence-electron chi connectivity index (χ1n) is 5.53. The minimum atomic E-state index is -0.123. The van der Waals surface area contributed by atoms with Crippen molar-refractivity contribution in [1.29, 1.82) is 0 Å². The van der Waals surface area contributed by atoms with Gasteiger partial charge in [-0.1, -0.05) is 6.42 Å². The summed E-state index contributed by atoms with van der Waals surface area (Å²) in [5, 5.41) is 0. The highest BCUT2D eigenvalue weighted by atomic mass is 16.5. The first-order valence-corrected chi connectivity index (χ1v) is 5.53. The van der Waals surface area contributed by atoms with E-state index >= 15 is 0 Å². The maximum absolute atomic E-state index is 11.6. The topological polar surface area (TPSA) is 33.9 Å². The van der Waals surface area contributed by atoms with Crippen molar-refractivity contribution in [1.82, 2.24) is 4.90 Å². The number of rotatable bonds is 4. The molecule has 0 radical (unpaired) electrons. The van der Waals surface area contributed by atoms with Gasteiger partial charge in [-0.25, -0.2) is 6.57 Å². The van der Waals surface area contributed by atoms with Crippen LogP contribution in [0.25, 0.3) is 4.85 Å². The predicted octanol–water partition coefficient (Wildman–Crippen LogP) is 1.32. The van der Waals surface area contributed by atoms with E-state index in [9.17, 15) is 4.79 Å². The Morgan fingerprint density at radius 2 is 2.40 bits per heavy atom. The van der Waals surface area contributed by atoms with Gasteiger partial charge in [0.05, 0.1) is 13.2 Å². The summed E-state index contributed by atoms with van der Waals surface area (Å²) in [6.45, 7) is 11.1. The van der Waals surface area contributed by atoms with Crippen molar-refractivity contribution >= 4 is 5.97 Å². The number of carbonyl (C=O) groups excluding carboxylic acids is 1. The van der Waals surface area contributed by atoms with Crippen LogP contribution in [-0.4, -0.2) is 43.2 Å². The number of hydrogen-bond donors (Lipinski definition) is 0. The molecule has 0 spiro atoms. The van der Waals surface area contributed by atoms with Gasteiger partial charge in [-0.3, -0.25) is 9.69 Å². The predicted molar refractivity (Wildman–Crippen MR) is 57.3 cm³/mol. The molecule has 4 nitrogen and oxygen atoms in total. The third-order valence-electron chi connectivity index (χ3n) is 2.67. The van der Waals surface area contributed by atoms with Gasteiger partial charge in [0.25, 0.3) is 0 Å². The molecular weight excluding hydrogens is 192 g/mol. The van der Waals surface area contributed by atoms with Gasteiger partial charge in [-0.2, -0.15) is 0 Å². The SMILES string of the molecule is [C-]#[N+]CCN1CCCCC1C(=O)OCC. The molecule has 0 bridgehead atoms. The first-order chi connectivity index (χ1) is 7.29. The number of ether oxygens (including phenoxy) is 1. The highest BCUT2D eigenvalue weighted by molar-refractivity contribution is 5.75. The van der Waals surface area contributed by atoms with Crippen LogP contribution in [0.15, 0.2) is 0 Å². The monoisotopic (exact) mass is 210 g/mol. The van der Waals surface area contributed by atoms with E-state index in [1.165, 1.54) is 0 Å². The summed E-state index contributed by atoms with van der Waals surface area (Å²) in [4.78, 5) is 17.0. The van der Waals surface area contributed by atoms with E-state index in [-0.39, 0.29) is 12.0 Å². The van der Waals surface area contributed by atoms with Crippen LogP contribution < -0.4 is 0 Å². The van der Waals surface area contributed by atoms with Gasteiger partial charge in [0.1, 0.15) is 6.04 Å². The van der Waals surface area contributed by atoms with Crippen LogP contribution in [0, 0.1) is 6.57 Å². The van der Waals surface area contributed by atoms with Gasteiger partial charge in [-0.05, 0) is 26.3 Å². The Labute approximate surface area is 91.0 Å². The number of hydrogen-bond acceptors (Lipinski definition) is 3. The van der Waals surface area contributed by atoms with Crippen molar-refractivity contribution in [2.24, 2.45) is 0 Å². The fourth-order valence-corrected chi connectivity index (χ4v) is 1.94. The van der Waals surface area contributed by atoms with Crippen molar-refractivity contribution in [3.63, 3.8) is 0 Å². The van der Waals surface area contributed by atoms with E-state index in [1.807, 2.05) is 6.92 Å². The summed E-state index contributed by atoms with van der Waals surface area (Å²) in [6, 6.07) is -0.111. The largest absolute Gasteiger partial charge is 0.465 e. The van der Waals surface area contributed by atoms with Crippen LogP contribution in [0.1, 0.15) is 26.2 Å². The first kappa shape index (κ1) is 12.0. The van der Waals surface area contributed by atoms with Gasteiger partial charge >= 0.3 is 5.97 Å². The molecule has 1 aliphatic heterocycles. The average molecular weight is 210 g/mol. The normalized spacial score (nSPS) is 22.0. The van der Waals surface area contributed by atoms with E-state index < -0.39 is 0 Å². The second kappa shape index (κ2) is 6.41. The Morgan fingerprint density at radius 3 is 3.07 bits per heavy atom. The van der Waals surface area contributed by atoms with Crippen molar-refractivity contribution in [2.45, 2.75) is 32.2 Å². The van der Waals surface area contributed by atoms with E-state index in [2.05, 4.69) is 9.74 Å². The maximum atomic E-state index is 11.6. The molecule has 0 aliphatic carbocycles. The smallest absolute Gasteiger partial charge is 0.323 e.